The number of nitrogens with one attached hydrogen (secondary N) is 1. The lowest BCUT2D eigenvalue weighted by Crippen LogP contribution is -2.11. The zero-order valence-corrected chi connectivity index (χ0v) is 10.6. The number of H-pyrrole nitrogens is 1. The maximum absolute atomic E-state index is 11.7. The number of aryl methyl sites for hydroxylation is 1. The van der Waals surface area contributed by atoms with Gasteiger partial charge in [0.1, 0.15) is 0 Å². The molecule has 2 aromatic rings. The third-order valence-electron chi connectivity index (χ3n) is 2.83. The Hall–Kier alpha value is -1.48. The first-order valence-electron chi connectivity index (χ1n) is 5.67. The molecule has 0 unspecified atom stereocenters. The average Bonchev–Trinajstić information content (AvgIpc) is 2.39. The predicted molar refractivity (Wildman–Crippen MR) is 74.6 cm³/mol. The fourth-order valence-corrected chi connectivity index (χ4v) is 1.97. The summed E-state index contributed by atoms with van der Waals surface area (Å²) in [5, 5.41) is 0. The van der Waals surface area contributed by atoms with Crippen molar-refractivity contribution >= 4 is 12.6 Å². The van der Waals surface area contributed by atoms with Crippen LogP contribution in [-0.2, 0) is 12.2 Å². The highest BCUT2D eigenvalue weighted by Crippen LogP contribution is 2.17. The first-order chi connectivity index (χ1) is 8.24. The Morgan fingerprint density at radius 2 is 1.82 bits per heavy atom. The maximum atomic E-state index is 11.7. The number of pyridine rings is 1. The Morgan fingerprint density at radius 3 is 2.35 bits per heavy atom. The van der Waals surface area contributed by atoms with E-state index in [1.807, 2.05) is 24.3 Å². The van der Waals surface area contributed by atoms with Crippen LogP contribution in [0.2, 0.25) is 0 Å². The molecule has 0 fully saturated rings. The van der Waals surface area contributed by atoms with E-state index in [1.54, 1.807) is 0 Å². The van der Waals surface area contributed by atoms with E-state index in [0.717, 1.165) is 17.7 Å². The number of hydrogen-bond donors (Lipinski definition) is 2. The summed E-state index contributed by atoms with van der Waals surface area (Å²) in [6.45, 7) is 2.12. The number of hydrogen-bond acceptors (Lipinski definition) is 2. The normalized spacial score (nSPS) is 10.5. The van der Waals surface area contributed by atoms with Crippen molar-refractivity contribution in [2.24, 2.45) is 0 Å². The van der Waals surface area contributed by atoms with Gasteiger partial charge in [0.05, 0.1) is 0 Å². The van der Waals surface area contributed by atoms with Crippen LogP contribution < -0.4 is 5.56 Å². The molecular formula is C14H15NOS. The Labute approximate surface area is 106 Å². The summed E-state index contributed by atoms with van der Waals surface area (Å²) in [7, 11) is 0. The summed E-state index contributed by atoms with van der Waals surface area (Å²) in [5.74, 6) is 0.463. The Balaban J connectivity index is 2.39. The second-order valence-electron chi connectivity index (χ2n) is 3.93. The first-order valence-corrected chi connectivity index (χ1v) is 6.30. The zero-order chi connectivity index (χ0) is 12.3. The van der Waals surface area contributed by atoms with Gasteiger partial charge < -0.3 is 4.98 Å². The van der Waals surface area contributed by atoms with Gasteiger partial charge in [0.2, 0.25) is 0 Å². The molecular weight excluding hydrogens is 230 g/mol. The minimum Gasteiger partial charge on any atom is -0.322 e. The van der Waals surface area contributed by atoms with Crippen molar-refractivity contribution < 1.29 is 0 Å². The number of rotatable bonds is 3. The van der Waals surface area contributed by atoms with Gasteiger partial charge in [-0.2, -0.15) is 12.6 Å². The number of aromatic amines is 1. The molecule has 0 radical (unpaired) electrons. The SMILES string of the molecule is CCc1ccc(-c2ccc(CS)c(=O)[nH]2)cc1. The lowest BCUT2D eigenvalue weighted by Gasteiger charge is -2.04. The molecule has 0 saturated carbocycles. The standard InChI is InChI=1S/C14H15NOS/c1-2-10-3-5-11(6-4-10)13-8-7-12(9-17)14(16)15-13/h3-8,17H,2,9H2,1H3,(H,15,16). The highest BCUT2D eigenvalue weighted by molar-refractivity contribution is 7.79. The van der Waals surface area contributed by atoms with Crippen LogP contribution in [0.5, 0.6) is 0 Å². The summed E-state index contributed by atoms with van der Waals surface area (Å²) < 4.78 is 0. The molecule has 0 amide bonds. The van der Waals surface area contributed by atoms with Crippen molar-refractivity contribution in [3.8, 4) is 11.3 Å². The van der Waals surface area contributed by atoms with Crippen LogP contribution in [0, 0.1) is 0 Å². The van der Waals surface area contributed by atoms with Gasteiger partial charge in [0.15, 0.2) is 0 Å². The molecule has 1 N–H and O–H groups in total. The van der Waals surface area contributed by atoms with E-state index >= 15 is 0 Å². The summed E-state index contributed by atoms with van der Waals surface area (Å²) in [4.78, 5) is 14.5. The third-order valence-corrected chi connectivity index (χ3v) is 3.18. The van der Waals surface area contributed by atoms with Crippen LogP contribution in [0.25, 0.3) is 11.3 Å². The first kappa shape index (κ1) is 12.0. The van der Waals surface area contributed by atoms with Gasteiger partial charge in [0, 0.05) is 17.0 Å². The van der Waals surface area contributed by atoms with E-state index in [4.69, 9.17) is 0 Å². The van der Waals surface area contributed by atoms with Crippen LogP contribution in [0.3, 0.4) is 0 Å². The monoisotopic (exact) mass is 245 g/mol. The van der Waals surface area contributed by atoms with Crippen LogP contribution >= 0.6 is 12.6 Å². The van der Waals surface area contributed by atoms with Gasteiger partial charge in [-0.15, -0.1) is 0 Å². The minimum absolute atomic E-state index is 0.0583. The van der Waals surface area contributed by atoms with Gasteiger partial charge in [0.25, 0.3) is 5.56 Å². The second kappa shape index (κ2) is 5.23. The number of thiol groups is 1. The van der Waals surface area contributed by atoms with Crippen LogP contribution in [-0.4, -0.2) is 4.98 Å². The van der Waals surface area contributed by atoms with Crippen molar-refractivity contribution in [3.63, 3.8) is 0 Å². The predicted octanol–water partition coefficient (Wildman–Crippen LogP) is 3.03. The molecule has 2 nitrogen and oxygen atoms in total. The fourth-order valence-electron chi connectivity index (χ4n) is 1.72. The van der Waals surface area contributed by atoms with E-state index in [-0.39, 0.29) is 5.56 Å². The third kappa shape index (κ3) is 2.61. The lowest BCUT2D eigenvalue weighted by atomic mass is 10.1. The topological polar surface area (TPSA) is 32.9 Å². The second-order valence-corrected chi connectivity index (χ2v) is 4.25. The largest absolute Gasteiger partial charge is 0.322 e. The molecule has 0 saturated heterocycles. The number of aromatic nitrogens is 1. The Kier molecular flexibility index (Phi) is 3.69. The van der Waals surface area contributed by atoms with Gasteiger partial charge in [-0.3, -0.25) is 4.79 Å². The Bertz CT molecular complexity index is 557. The molecule has 0 bridgehead atoms. The van der Waals surface area contributed by atoms with Crippen molar-refractivity contribution in [3.05, 3.63) is 57.9 Å². The summed E-state index contributed by atoms with van der Waals surface area (Å²) >= 11 is 4.11. The molecule has 2 rings (SSSR count). The van der Waals surface area contributed by atoms with Crippen molar-refractivity contribution in [2.75, 3.05) is 0 Å². The average molecular weight is 245 g/mol. The van der Waals surface area contributed by atoms with Crippen molar-refractivity contribution in [1.82, 2.24) is 4.98 Å². The highest BCUT2D eigenvalue weighted by Gasteiger charge is 2.01. The molecule has 0 aliphatic rings. The minimum atomic E-state index is -0.0583. The lowest BCUT2D eigenvalue weighted by molar-refractivity contribution is 1.14. The number of benzene rings is 1. The molecule has 88 valence electrons. The highest BCUT2D eigenvalue weighted by atomic mass is 32.1. The smallest absolute Gasteiger partial charge is 0.252 e. The Morgan fingerprint density at radius 1 is 1.12 bits per heavy atom. The van der Waals surface area contributed by atoms with E-state index in [1.165, 1.54) is 5.56 Å². The van der Waals surface area contributed by atoms with Crippen molar-refractivity contribution in [2.45, 2.75) is 19.1 Å². The molecule has 1 heterocycles. The maximum Gasteiger partial charge on any atom is 0.252 e. The van der Waals surface area contributed by atoms with Gasteiger partial charge >= 0.3 is 0 Å². The van der Waals surface area contributed by atoms with E-state index < -0.39 is 0 Å². The fraction of sp³-hybridized carbons (Fsp3) is 0.214. The van der Waals surface area contributed by atoms with Gasteiger partial charge in [-0.1, -0.05) is 37.3 Å². The molecule has 1 aromatic carbocycles. The van der Waals surface area contributed by atoms with Crippen LogP contribution in [0.4, 0.5) is 0 Å². The molecule has 3 heteroatoms. The molecule has 0 aliphatic carbocycles. The van der Waals surface area contributed by atoms with E-state index in [2.05, 4.69) is 36.7 Å². The van der Waals surface area contributed by atoms with Crippen LogP contribution in [0.15, 0.2) is 41.2 Å². The van der Waals surface area contributed by atoms with Gasteiger partial charge in [-0.05, 0) is 23.6 Å². The molecule has 0 spiro atoms. The van der Waals surface area contributed by atoms with E-state index in [0.29, 0.717) is 11.3 Å². The summed E-state index contributed by atoms with van der Waals surface area (Å²) in [6.07, 6.45) is 1.02. The summed E-state index contributed by atoms with van der Waals surface area (Å²) in [6, 6.07) is 12.0. The van der Waals surface area contributed by atoms with Gasteiger partial charge in [-0.25, -0.2) is 0 Å². The summed E-state index contributed by atoms with van der Waals surface area (Å²) in [5.41, 5.74) is 3.82. The molecule has 0 atom stereocenters. The van der Waals surface area contributed by atoms with E-state index in [9.17, 15) is 4.79 Å². The zero-order valence-electron chi connectivity index (χ0n) is 9.73. The van der Waals surface area contributed by atoms with Crippen LogP contribution in [0.1, 0.15) is 18.1 Å². The van der Waals surface area contributed by atoms with Crippen molar-refractivity contribution in [1.29, 1.82) is 0 Å². The molecule has 0 aliphatic heterocycles. The quantitative estimate of drug-likeness (QED) is 0.801. The molecule has 17 heavy (non-hydrogen) atoms. The molecule has 1 aromatic heterocycles.